The molecule has 1 amide bonds. The zero-order valence-electron chi connectivity index (χ0n) is 18.3. The van der Waals surface area contributed by atoms with Crippen molar-refractivity contribution in [3.8, 4) is 0 Å². The number of rotatable bonds is 8. The van der Waals surface area contributed by atoms with Gasteiger partial charge in [0.25, 0.3) is 0 Å². The van der Waals surface area contributed by atoms with Gasteiger partial charge in [-0.15, -0.1) is 10.2 Å². The SMILES string of the molecule is CC1CCN(c2nnc(SCC(=O)NC(C)c3ccccc3Cl)n2Cc2ccco2)CC1. The first-order valence-corrected chi connectivity index (χ1v) is 12.2. The van der Waals surface area contributed by atoms with Gasteiger partial charge in [-0.1, -0.05) is 48.5 Å². The average molecular weight is 474 g/mol. The molecule has 1 aromatic carbocycles. The highest BCUT2D eigenvalue weighted by atomic mass is 35.5. The third-order valence-electron chi connectivity index (χ3n) is 5.74. The van der Waals surface area contributed by atoms with Crippen LogP contribution in [0.2, 0.25) is 5.02 Å². The van der Waals surface area contributed by atoms with Gasteiger partial charge >= 0.3 is 0 Å². The molecule has 2 aromatic heterocycles. The van der Waals surface area contributed by atoms with Crippen LogP contribution in [0.1, 0.15) is 44.1 Å². The van der Waals surface area contributed by atoms with Crippen LogP contribution in [0.15, 0.2) is 52.2 Å². The number of carbonyl (C=O) groups is 1. The second-order valence-corrected chi connectivity index (χ2v) is 9.57. The minimum Gasteiger partial charge on any atom is -0.467 e. The van der Waals surface area contributed by atoms with E-state index in [4.69, 9.17) is 16.0 Å². The molecular weight excluding hydrogens is 446 g/mol. The van der Waals surface area contributed by atoms with Crippen LogP contribution in [0, 0.1) is 5.92 Å². The summed E-state index contributed by atoms with van der Waals surface area (Å²) in [5.74, 6) is 2.55. The molecule has 3 aromatic rings. The molecular formula is C23H28ClN5O2S. The lowest BCUT2D eigenvalue weighted by molar-refractivity contribution is -0.119. The molecule has 32 heavy (non-hydrogen) atoms. The van der Waals surface area contributed by atoms with Gasteiger partial charge in [0.1, 0.15) is 5.76 Å². The fourth-order valence-corrected chi connectivity index (χ4v) is 4.89. The number of hydrogen-bond donors (Lipinski definition) is 1. The smallest absolute Gasteiger partial charge is 0.230 e. The molecule has 1 fully saturated rings. The normalized spacial score (nSPS) is 15.7. The monoisotopic (exact) mass is 473 g/mol. The molecule has 1 unspecified atom stereocenters. The molecule has 3 heterocycles. The molecule has 1 aliphatic heterocycles. The first-order chi connectivity index (χ1) is 15.5. The first-order valence-electron chi connectivity index (χ1n) is 10.9. The van der Waals surface area contributed by atoms with E-state index in [9.17, 15) is 4.79 Å². The molecule has 1 atom stereocenters. The summed E-state index contributed by atoms with van der Waals surface area (Å²) in [6.07, 6.45) is 3.94. The van der Waals surface area contributed by atoms with Gasteiger partial charge in [-0.05, 0) is 49.4 Å². The standard InChI is InChI=1S/C23H28ClN5O2S/c1-16-9-11-28(12-10-16)22-26-27-23(29(22)14-18-6-5-13-31-18)32-15-21(30)25-17(2)19-7-3-4-8-20(19)24/h3-8,13,16-17H,9-12,14-15H2,1-2H3,(H,25,30). The van der Waals surface area contributed by atoms with Crippen molar-refractivity contribution >= 4 is 35.2 Å². The zero-order valence-corrected chi connectivity index (χ0v) is 19.9. The number of thioether (sulfide) groups is 1. The van der Waals surface area contributed by atoms with Crippen molar-refractivity contribution in [2.45, 2.75) is 44.4 Å². The fourth-order valence-electron chi connectivity index (χ4n) is 3.84. The van der Waals surface area contributed by atoms with Crippen molar-refractivity contribution in [3.63, 3.8) is 0 Å². The maximum Gasteiger partial charge on any atom is 0.230 e. The Morgan fingerprint density at radius 2 is 2.03 bits per heavy atom. The van der Waals surface area contributed by atoms with E-state index in [1.54, 1.807) is 6.26 Å². The highest BCUT2D eigenvalue weighted by Gasteiger charge is 2.24. The third-order valence-corrected chi connectivity index (χ3v) is 7.05. The summed E-state index contributed by atoms with van der Waals surface area (Å²) in [6.45, 7) is 6.66. The zero-order chi connectivity index (χ0) is 22.5. The number of anilines is 1. The maximum absolute atomic E-state index is 12.6. The second-order valence-electron chi connectivity index (χ2n) is 8.22. The van der Waals surface area contributed by atoms with Gasteiger partial charge in [0, 0.05) is 18.1 Å². The summed E-state index contributed by atoms with van der Waals surface area (Å²) in [5.41, 5.74) is 0.898. The Labute approximate surface area is 197 Å². The first kappa shape index (κ1) is 22.7. The van der Waals surface area contributed by atoms with Crippen molar-refractivity contribution in [2.24, 2.45) is 5.92 Å². The Morgan fingerprint density at radius 3 is 2.75 bits per heavy atom. The summed E-state index contributed by atoms with van der Waals surface area (Å²) in [6, 6.07) is 11.2. The van der Waals surface area contributed by atoms with E-state index >= 15 is 0 Å². The number of hydrogen-bond acceptors (Lipinski definition) is 6. The van der Waals surface area contributed by atoms with Crippen LogP contribution in [-0.2, 0) is 11.3 Å². The van der Waals surface area contributed by atoms with Gasteiger partial charge in [0.05, 0.1) is 24.6 Å². The predicted octanol–water partition coefficient (Wildman–Crippen LogP) is 4.78. The number of amides is 1. The molecule has 1 saturated heterocycles. The number of piperidine rings is 1. The Balaban J connectivity index is 1.44. The Hall–Kier alpha value is -2.45. The quantitative estimate of drug-likeness (QED) is 0.474. The number of furan rings is 1. The van der Waals surface area contributed by atoms with Crippen LogP contribution in [0.5, 0.6) is 0 Å². The van der Waals surface area contributed by atoms with E-state index in [0.29, 0.717) is 16.7 Å². The van der Waals surface area contributed by atoms with Crippen molar-refractivity contribution in [3.05, 3.63) is 59.0 Å². The number of halogens is 1. The fraction of sp³-hybridized carbons (Fsp3) is 0.435. The molecule has 0 saturated carbocycles. The van der Waals surface area contributed by atoms with Crippen molar-refractivity contribution in [2.75, 3.05) is 23.7 Å². The maximum atomic E-state index is 12.6. The number of benzene rings is 1. The summed E-state index contributed by atoms with van der Waals surface area (Å²) in [4.78, 5) is 14.9. The Kier molecular flexibility index (Phi) is 7.42. The Bertz CT molecular complexity index is 1030. The van der Waals surface area contributed by atoms with Gasteiger partial charge in [-0.25, -0.2) is 0 Å². The van der Waals surface area contributed by atoms with E-state index in [1.165, 1.54) is 11.8 Å². The van der Waals surface area contributed by atoms with Gasteiger partial charge in [-0.3, -0.25) is 9.36 Å². The van der Waals surface area contributed by atoms with E-state index in [-0.39, 0.29) is 17.7 Å². The molecule has 1 N–H and O–H groups in total. The van der Waals surface area contributed by atoms with Crippen LogP contribution in [0.3, 0.4) is 0 Å². The third kappa shape index (κ3) is 5.48. The predicted molar refractivity (Wildman–Crippen MR) is 127 cm³/mol. The minimum absolute atomic E-state index is 0.0803. The lowest BCUT2D eigenvalue weighted by atomic mass is 10.00. The van der Waals surface area contributed by atoms with Crippen LogP contribution in [0.25, 0.3) is 0 Å². The van der Waals surface area contributed by atoms with Gasteiger partial charge < -0.3 is 14.6 Å². The van der Waals surface area contributed by atoms with Crippen LogP contribution in [0.4, 0.5) is 5.95 Å². The largest absolute Gasteiger partial charge is 0.467 e. The van der Waals surface area contributed by atoms with Crippen LogP contribution in [-0.4, -0.2) is 39.5 Å². The lowest BCUT2D eigenvalue weighted by Crippen LogP contribution is -2.35. The minimum atomic E-state index is -0.177. The number of carbonyl (C=O) groups excluding carboxylic acids is 1. The molecule has 0 spiro atoms. The highest BCUT2D eigenvalue weighted by molar-refractivity contribution is 7.99. The number of nitrogens with zero attached hydrogens (tertiary/aromatic N) is 4. The summed E-state index contributed by atoms with van der Waals surface area (Å²) in [5, 5.41) is 13.2. The Morgan fingerprint density at radius 1 is 1.25 bits per heavy atom. The van der Waals surface area contributed by atoms with E-state index < -0.39 is 0 Å². The van der Waals surface area contributed by atoms with Crippen LogP contribution >= 0.6 is 23.4 Å². The van der Waals surface area contributed by atoms with Gasteiger partial charge in [0.15, 0.2) is 5.16 Å². The van der Waals surface area contributed by atoms with Crippen LogP contribution < -0.4 is 10.2 Å². The molecule has 0 radical (unpaired) electrons. The van der Waals surface area contributed by atoms with Gasteiger partial charge in [0.2, 0.25) is 11.9 Å². The number of aromatic nitrogens is 3. The molecule has 0 aliphatic carbocycles. The highest BCUT2D eigenvalue weighted by Crippen LogP contribution is 2.27. The molecule has 170 valence electrons. The lowest BCUT2D eigenvalue weighted by Gasteiger charge is -2.31. The van der Waals surface area contributed by atoms with E-state index in [1.807, 2.05) is 47.9 Å². The summed E-state index contributed by atoms with van der Waals surface area (Å²) in [7, 11) is 0. The van der Waals surface area contributed by atoms with Crippen molar-refractivity contribution < 1.29 is 9.21 Å². The van der Waals surface area contributed by atoms with E-state index in [2.05, 4.69) is 27.3 Å². The van der Waals surface area contributed by atoms with Crippen molar-refractivity contribution in [1.29, 1.82) is 0 Å². The van der Waals surface area contributed by atoms with Gasteiger partial charge in [-0.2, -0.15) is 0 Å². The molecule has 4 rings (SSSR count). The molecule has 7 nitrogen and oxygen atoms in total. The molecule has 1 aliphatic rings. The van der Waals surface area contributed by atoms with Crippen molar-refractivity contribution in [1.82, 2.24) is 20.1 Å². The second kappa shape index (κ2) is 10.4. The molecule has 9 heteroatoms. The summed E-state index contributed by atoms with van der Waals surface area (Å²) < 4.78 is 7.61. The number of nitrogens with one attached hydrogen (secondary N) is 1. The topological polar surface area (TPSA) is 76.2 Å². The molecule has 0 bridgehead atoms. The summed E-state index contributed by atoms with van der Waals surface area (Å²) >= 11 is 7.64. The average Bonchev–Trinajstić information content (AvgIpc) is 3.44. The van der Waals surface area contributed by atoms with E-state index in [0.717, 1.165) is 49.1 Å².